The maximum absolute atomic E-state index is 13.1. The summed E-state index contributed by atoms with van der Waals surface area (Å²) in [6, 6.07) is 9.29. The normalized spacial score (nSPS) is 13.6. The highest BCUT2D eigenvalue weighted by molar-refractivity contribution is 5.86. The fourth-order valence-electron chi connectivity index (χ4n) is 3.65. The van der Waals surface area contributed by atoms with Gasteiger partial charge >= 0.3 is 5.97 Å². The minimum absolute atomic E-state index is 0.00696. The Labute approximate surface area is 221 Å². The van der Waals surface area contributed by atoms with Gasteiger partial charge in [-0.25, -0.2) is 0 Å². The van der Waals surface area contributed by atoms with Crippen molar-refractivity contribution in [3.05, 3.63) is 61.2 Å². The van der Waals surface area contributed by atoms with E-state index in [1.807, 2.05) is 51.1 Å². The monoisotopic (exact) mass is 516 g/mol. The van der Waals surface area contributed by atoms with E-state index in [0.717, 1.165) is 5.56 Å². The van der Waals surface area contributed by atoms with E-state index in [0.29, 0.717) is 19.3 Å². The van der Waals surface area contributed by atoms with Gasteiger partial charge in [0.1, 0.15) is 6.61 Å². The highest BCUT2D eigenvalue weighted by Crippen LogP contribution is 2.22. The van der Waals surface area contributed by atoms with Gasteiger partial charge in [0.15, 0.2) is 0 Å². The van der Waals surface area contributed by atoms with Gasteiger partial charge in [0.2, 0.25) is 11.8 Å². The van der Waals surface area contributed by atoms with Gasteiger partial charge in [0.05, 0.1) is 37.7 Å². The number of rotatable bonds is 18. The number of hydrogen-bond acceptors (Lipinski definition) is 6. The molecule has 0 bridgehead atoms. The van der Waals surface area contributed by atoms with E-state index >= 15 is 0 Å². The first-order chi connectivity index (χ1) is 17.6. The molecule has 0 saturated carbocycles. The van der Waals surface area contributed by atoms with E-state index in [2.05, 4.69) is 23.8 Å². The molecular weight excluding hydrogens is 472 g/mol. The van der Waals surface area contributed by atoms with Crippen LogP contribution >= 0.6 is 0 Å². The molecule has 1 aromatic carbocycles. The molecule has 0 heterocycles. The fourth-order valence-corrected chi connectivity index (χ4v) is 3.65. The number of nitrogens with one attached hydrogen (secondary N) is 2. The van der Waals surface area contributed by atoms with Crippen LogP contribution in [0, 0.1) is 17.3 Å². The molecule has 0 radical (unpaired) electrons. The molecule has 3 atom stereocenters. The summed E-state index contributed by atoms with van der Waals surface area (Å²) in [6.07, 6.45) is 4.67. The molecule has 0 spiro atoms. The summed E-state index contributed by atoms with van der Waals surface area (Å²) in [5.74, 6) is -1.88. The predicted molar refractivity (Wildman–Crippen MR) is 145 cm³/mol. The summed E-state index contributed by atoms with van der Waals surface area (Å²) in [5.41, 5.74) is 0.645. The third kappa shape index (κ3) is 13.2. The van der Waals surface area contributed by atoms with Crippen LogP contribution in [0.25, 0.3) is 0 Å². The van der Waals surface area contributed by atoms with Crippen LogP contribution in [0.1, 0.15) is 45.6 Å². The van der Waals surface area contributed by atoms with Gasteiger partial charge in [0, 0.05) is 13.0 Å². The number of esters is 1. The number of carbonyl (C=O) groups excluding carboxylic acids is 3. The summed E-state index contributed by atoms with van der Waals surface area (Å²) in [5, 5.41) is 14.4. The average molecular weight is 517 g/mol. The zero-order valence-corrected chi connectivity index (χ0v) is 22.5. The molecule has 2 amide bonds. The van der Waals surface area contributed by atoms with E-state index in [9.17, 15) is 14.4 Å². The number of aliphatic hydroxyl groups is 1. The van der Waals surface area contributed by atoms with Crippen LogP contribution in [-0.2, 0) is 30.3 Å². The smallest absolute Gasteiger partial charge is 0.309 e. The summed E-state index contributed by atoms with van der Waals surface area (Å²) in [7, 11) is 0. The number of amides is 2. The molecule has 1 rings (SSSR count). The molecule has 8 nitrogen and oxygen atoms in total. The van der Waals surface area contributed by atoms with Crippen molar-refractivity contribution in [3.8, 4) is 0 Å². The van der Waals surface area contributed by atoms with Gasteiger partial charge in [0.25, 0.3) is 0 Å². The van der Waals surface area contributed by atoms with E-state index in [1.54, 1.807) is 12.2 Å². The lowest BCUT2D eigenvalue weighted by atomic mass is 9.86. The lowest BCUT2D eigenvalue weighted by molar-refractivity contribution is -0.150. The molecule has 0 aliphatic rings. The van der Waals surface area contributed by atoms with Crippen LogP contribution in [0.15, 0.2) is 55.6 Å². The Morgan fingerprint density at radius 1 is 1.03 bits per heavy atom. The lowest BCUT2D eigenvalue weighted by Crippen LogP contribution is -2.49. The topological polar surface area (TPSA) is 114 Å². The van der Waals surface area contributed by atoms with Crippen molar-refractivity contribution in [2.24, 2.45) is 17.3 Å². The Kier molecular flexibility index (Phi) is 15.1. The molecular formula is C29H44N2O6. The molecule has 0 unspecified atom stereocenters. The summed E-state index contributed by atoms with van der Waals surface area (Å²) >= 11 is 0. The SMILES string of the molecule is C=CC[C@@H](CC(=O)NCCOCCO)C(=O)N[C@H](COC(=O)[C@@H](CC=C)Cc1ccccc1)C(C)(C)C. The van der Waals surface area contributed by atoms with E-state index in [-0.39, 0.29) is 63.1 Å². The number of allylic oxidation sites excluding steroid dienone is 2. The molecule has 37 heavy (non-hydrogen) atoms. The first-order valence-corrected chi connectivity index (χ1v) is 12.8. The van der Waals surface area contributed by atoms with Crippen LogP contribution in [0.5, 0.6) is 0 Å². The molecule has 0 saturated heterocycles. The van der Waals surface area contributed by atoms with E-state index in [1.165, 1.54) is 0 Å². The molecule has 1 aromatic rings. The lowest BCUT2D eigenvalue weighted by Gasteiger charge is -2.32. The van der Waals surface area contributed by atoms with Gasteiger partial charge in [-0.05, 0) is 30.2 Å². The van der Waals surface area contributed by atoms with Crippen LogP contribution in [0.3, 0.4) is 0 Å². The molecule has 0 aliphatic carbocycles. The summed E-state index contributed by atoms with van der Waals surface area (Å²) in [6.45, 7) is 14.1. The quantitative estimate of drug-likeness (QED) is 0.157. The van der Waals surface area contributed by atoms with Crippen molar-refractivity contribution < 1.29 is 29.0 Å². The first-order valence-electron chi connectivity index (χ1n) is 12.8. The van der Waals surface area contributed by atoms with Gasteiger partial charge in [-0.2, -0.15) is 0 Å². The first kappa shape index (κ1) is 32.1. The Morgan fingerprint density at radius 3 is 2.27 bits per heavy atom. The molecule has 0 aromatic heterocycles. The minimum atomic E-state index is -0.608. The summed E-state index contributed by atoms with van der Waals surface area (Å²) in [4.78, 5) is 38.4. The second-order valence-electron chi connectivity index (χ2n) is 10.1. The standard InChI is InChI=1S/C29H44N2O6/c1-6-11-23(20-26(33)30-15-17-36-18-16-32)27(34)31-25(29(3,4)5)21-37-28(35)24(12-7-2)19-22-13-9-8-10-14-22/h6-10,13-14,23-25,32H,1-2,11-12,15-21H2,3-5H3,(H,30,33)(H,31,34)/t23-,24-,25+/m0/s1. The zero-order chi connectivity index (χ0) is 27.7. The molecule has 206 valence electrons. The number of carbonyl (C=O) groups is 3. The largest absolute Gasteiger partial charge is 0.463 e. The fraction of sp³-hybridized carbons (Fsp3) is 0.552. The minimum Gasteiger partial charge on any atom is -0.463 e. The van der Waals surface area contributed by atoms with Crippen molar-refractivity contribution in [2.75, 3.05) is 33.0 Å². The molecule has 0 fully saturated rings. The number of hydrogen-bond donors (Lipinski definition) is 3. The maximum Gasteiger partial charge on any atom is 0.309 e. The van der Waals surface area contributed by atoms with E-state index < -0.39 is 17.4 Å². The Balaban J connectivity index is 2.75. The van der Waals surface area contributed by atoms with Crippen molar-refractivity contribution in [2.45, 2.75) is 52.5 Å². The van der Waals surface area contributed by atoms with Crippen LogP contribution in [0.2, 0.25) is 0 Å². The second kappa shape index (κ2) is 17.5. The van der Waals surface area contributed by atoms with Gasteiger partial charge in [-0.3, -0.25) is 14.4 Å². The zero-order valence-electron chi connectivity index (χ0n) is 22.5. The van der Waals surface area contributed by atoms with Crippen molar-refractivity contribution in [1.29, 1.82) is 0 Å². The van der Waals surface area contributed by atoms with Crippen molar-refractivity contribution >= 4 is 17.8 Å². The van der Waals surface area contributed by atoms with Gasteiger partial charge in [-0.1, -0.05) is 63.3 Å². The predicted octanol–water partition coefficient (Wildman–Crippen LogP) is 3.20. The third-order valence-corrected chi connectivity index (χ3v) is 5.92. The molecule has 3 N–H and O–H groups in total. The Hall–Kier alpha value is -2.97. The number of aliphatic hydroxyl groups excluding tert-OH is 1. The van der Waals surface area contributed by atoms with Crippen molar-refractivity contribution in [3.63, 3.8) is 0 Å². The summed E-state index contributed by atoms with van der Waals surface area (Å²) < 4.78 is 10.8. The van der Waals surface area contributed by atoms with E-state index in [4.69, 9.17) is 14.6 Å². The highest BCUT2D eigenvalue weighted by atomic mass is 16.5. The average Bonchev–Trinajstić information content (AvgIpc) is 2.85. The number of ether oxygens (including phenoxy) is 2. The highest BCUT2D eigenvalue weighted by Gasteiger charge is 2.31. The Bertz CT molecular complexity index is 850. The Morgan fingerprint density at radius 2 is 1.68 bits per heavy atom. The van der Waals surface area contributed by atoms with Crippen LogP contribution in [-0.4, -0.2) is 61.9 Å². The maximum atomic E-state index is 13.1. The van der Waals surface area contributed by atoms with Crippen LogP contribution < -0.4 is 10.6 Å². The molecule has 0 aliphatic heterocycles. The van der Waals surface area contributed by atoms with Crippen molar-refractivity contribution in [1.82, 2.24) is 10.6 Å². The third-order valence-electron chi connectivity index (χ3n) is 5.92. The van der Waals surface area contributed by atoms with Crippen LogP contribution in [0.4, 0.5) is 0 Å². The number of benzene rings is 1. The van der Waals surface area contributed by atoms with Gasteiger partial charge < -0.3 is 25.2 Å². The second-order valence-corrected chi connectivity index (χ2v) is 10.1. The molecule has 8 heteroatoms. The van der Waals surface area contributed by atoms with Gasteiger partial charge in [-0.15, -0.1) is 13.2 Å².